The number of nitrogens with zero attached hydrogens (tertiary/aromatic N) is 3. The number of pyridine rings is 1. The summed E-state index contributed by atoms with van der Waals surface area (Å²) in [6, 6.07) is 4.20. The molecular formula is C16H26B2N4O2S. The minimum absolute atomic E-state index is 0.465. The van der Waals surface area contributed by atoms with Crippen molar-refractivity contribution in [2.75, 3.05) is 24.7 Å². The van der Waals surface area contributed by atoms with Gasteiger partial charge in [0.1, 0.15) is 17.7 Å². The topological polar surface area (TPSA) is 75.9 Å². The van der Waals surface area contributed by atoms with Gasteiger partial charge in [-0.15, -0.1) is 4.31 Å². The van der Waals surface area contributed by atoms with Crippen LogP contribution in [-0.2, 0) is 17.8 Å². The lowest BCUT2D eigenvalue weighted by Gasteiger charge is -2.30. The van der Waals surface area contributed by atoms with Crippen LogP contribution < -0.4 is 5.32 Å². The van der Waals surface area contributed by atoms with Crippen molar-refractivity contribution in [3.63, 3.8) is 0 Å². The van der Waals surface area contributed by atoms with Crippen molar-refractivity contribution in [1.29, 1.82) is 0 Å². The second kappa shape index (κ2) is 7.23. The van der Waals surface area contributed by atoms with Gasteiger partial charge in [-0.05, 0) is 36.8 Å². The minimum Gasteiger partial charge on any atom is -0.598 e. The number of anilines is 1. The Kier molecular flexibility index (Phi) is 5.39. The first kappa shape index (κ1) is 18.6. The number of aromatic nitrogens is 2. The Morgan fingerprint density at radius 1 is 1.40 bits per heavy atom. The molecule has 2 aromatic heterocycles. The number of fused-ring (bicyclic) bond motifs is 1. The third-order valence-electron chi connectivity index (χ3n) is 4.76. The van der Waals surface area contributed by atoms with Crippen LogP contribution in [0.25, 0.3) is 5.65 Å². The second-order valence-corrected chi connectivity index (χ2v) is 8.63. The van der Waals surface area contributed by atoms with E-state index < -0.39 is 16.9 Å². The lowest BCUT2D eigenvalue weighted by atomic mass is 9.73. The van der Waals surface area contributed by atoms with Crippen LogP contribution in [0.2, 0.25) is 0 Å². The third kappa shape index (κ3) is 4.16. The molecule has 3 heterocycles. The van der Waals surface area contributed by atoms with Crippen molar-refractivity contribution in [2.45, 2.75) is 37.6 Å². The van der Waals surface area contributed by atoms with E-state index in [0.717, 1.165) is 49.5 Å². The van der Waals surface area contributed by atoms with E-state index in [-0.39, 0.29) is 0 Å². The predicted molar refractivity (Wildman–Crippen MR) is 108 cm³/mol. The summed E-state index contributed by atoms with van der Waals surface area (Å²) >= 11 is -0.878. The molecule has 2 N–H and O–H groups in total. The van der Waals surface area contributed by atoms with Crippen LogP contribution in [0.3, 0.4) is 0 Å². The molecule has 1 aliphatic rings. The molecule has 0 spiro atoms. The van der Waals surface area contributed by atoms with Crippen LogP contribution in [0.4, 0.5) is 5.82 Å². The molecule has 9 heteroatoms. The van der Waals surface area contributed by atoms with Crippen LogP contribution in [-0.4, -0.2) is 63.9 Å². The molecule has 1 fully saturated rings. The smallest absolute Gasteiger partial charge is 0.156 e. The fourth-order valence-electron chi connectivity index (χ4n) is 3.47. The highest BCUT2D eigenvalue weighted by atomic mass is 32.2. The Balaban J connectivity index is 1.90. The molecule has 2 aromatic rings. The minimum atomic E-state index is -1.01. The van der Waals surface area contributed by atoms with Crippen molar-refractivity contribution in [3.8, 4) is 0 Å². The second-order valence-electron chi connectivity index (χ2n) is 7.26. The maximum atomic E-state index is 11.6. The van der Waals surface area contributed by atoms with Gasteiger partial charge in [0.05, 0.1) is 11.2 Å². The van der Waals surface area contributed by atoms with Gasteiger partial charge in [0.2, 0.25) is 0 Å². The molecule has 6 nitrogen and oxygen atoms in total. The molecule has 1 unspecified atom stereocenters. The Hall–Kier alpha value is -1.15. The average Bonchev–Trinajstić information content (AvgIpc) is 2.90. The highest BCUT2D eigenvalue weighted by molar-refractivity contribution is 7.88. The largest absolute Gasteiger partial charge is 0.598 e. The van der Waals surface area contributed by atoms with Crippen molar-refractivity contribution in [3.05, 3.63) is 29.6 Å². The van der Waals surface area contributed by atoms with E-state index >= 15 is 0 Å². The predicted octanol–water partition coefficient (Wildman–Crippen LogP) is -0.349. The molecule has 0 amide bonds. The summed E-state index contributed by atoms with van der Waals surface area (Å²) < 4.78 is 15.7. The van der Waals surface area contributed by atoms with Gasteiger partial charge in [-0.25, -0.2) is 4.98 Å². The molecule has 1 aliphatic heterocycles. The lowest BCUT2D eigenvalue weighted by molar-refractivity contribution is 0.242. The van der Waals surface area contributed by atoms with Crippen LogP contribution in [0.5, 0.6) is 0 Å². The first-order chi connectivity index (χ1) is 11.8. The number of hydrogen-bond donors (Lipinski definition) is 2. The third-order valence-corrected chi connectivity index (χ3v) is 5.85. The van der Waals surface area contributed by atoms with Gasteiger partial charge in [-0.1, -0.05) is 13.0 Å². The lowest BCUT2D eigenvalue weighted by Crippen LogP contribution is -2.39. The highest BCUT2D eigenvalue weighted by Crippen LogP contribution is 2.30. The summed E-state index contributed by atoms with van der Waals surface area (Å²) in [4.78, 5) is 4.68. The summed E-state index contributed by atoms with van der Waals surface area (Å²) in [5.41, 5.74) is 2.11. The maximum absolute atomic E-state index is 11.6. The standard InChI is InChI=1S/C16H26B2N4O2S/c1-3-13-15(20-16(17,18)23)22-10-12(4-5-14(22)19-13)11-6-8-21(9-7-11)25(2)24/h4-5,10-11,20,23H,3,6-9,17-18H2,1-2H3. The number of aliphatic hydroxyl groups is 1. The van der Waals surface area contributed by atoms with Gasteiger partial charge in [-0.3, -0.25) is 4.40 Å². The normalized spacial score (nSPS) is 18.6. The van der Waals surface area contributed by atoms with Crippen molar-refractivity contribution in [1.82, 2.24) is 13.7 Å². The van der Waals surface area contributed by atoms with Crippen LogP contribution >= 0.6 is 0 Å². The van der Waals surface area contributed by atoms with Gasteiger partial charge in [0.25, 0.3) is 0 Å². The molecule has 0 bridgehead atoms. The van der Waals surface area contributed by atoms with Gasteiger partial charge in [0, 0.05) is 30.6 Å². The van der Waals surface area contributed by atoms with Crippen LogP contribution in [0.15, 0.2) is 18.3 Å². The Morgan fingerprint density at radius 2 is 2.08 bits per heavy atom. The fraction of sp³-hybridized carbons (Fsp3) is 0.562. The summed E-state index contributed by atoms with van der Waals surface area (Å²) in [6.07, 6.45) is 6.71. The molecule has 1 atom stereocenters. The molecule has 0 saturated carbocycles. The molecule has 0 radical (unpaired) electrons. The van der Waals surface area contributed by atoms with Gasteiger partial charge < -0.3 is 15.0 Å². The van der Waals surface area contributed by atoms with Crippen LogP contribution in [0.1, 0.15) is 36.9 Å². The molecule has 1 saturated heterocycles. The molecule has 0 aliphatic carbocycles. The van der Waals surface area contributed by atoms with E-state index in [1.165, 1.54) is 5.56 Å². The monoisotopic (exact) mass is 360 g/mol. The van der Waals surface area contributed by atoms with Crippen molar-refractivity contribution in [2.24, 2.45) is 0 Å². The highest BCUT2D eigenvalue weighted by Gasteiger charge is 2.26. The average molecular weight is 360 g/mol. The molecule has 134 valence electrons. The van der Waals surface area contributed by atoms with Gasteiger partial charge >= 0.3 is 0 Å². The van der Waals surface area contributed by atoms with Crippen molar-refractivity contribution < 1.29 is 9.66 Å². The van der Waals surface area contributed by atoms with Gasteiger partial charge in [0.15, 0.2) is 15.7 Å². The summed E-state index contributed by atoms with van der Waals surface area (Å²) in [7, 11) is 3.46. The molecule has 25 heavy (non-hydrogen) atoms. The molecular weight excluding hydrogens is 334 g/mol. The van der Waals surface area contributed by atoms with Gasteiger partial charge in [-0.2, -0.15) is 0 Å². The fourth-order valence-corrected chi connectivity index (χ4v) is 4.19. The zero-order valence-electron chi connectivity index (χ0n) is 15.5. The Morgan fingerprint density at radius 3 is 2.64 bits per heavy atom. The van der Waals surface area contributed by atoms with E-state index in [9.17, 15) is 9.66 Å². The van der Waals surface area contributed by atoms with E-state index in [0.29, 0.717) is 5.92 Å². The van der Waals surface area contributed by atoms with E-state index in [1.54, 1.807) is 21.9 Å². The molecule has 3 rings (SSSR count). The van der Waals surface area contributed by atoms with E-state index in [1.807, 2.05) is 10.4 Å². The number of piperidine rings is 1. The number of imidazole rings is 1. The maximum Gasteiger partial charge on any atom is 0.156 e. The van der Waals surface area contributed by atoms with E-state index in [4.69, 9.17) is 0 Å². The quantitative estimate of drug-likeness (QED) is 0.433. The zero-order valence-corrected chi connectivity index (χ0v) is 16.3. The number of rotatable bonds is 5. The molecule has 0 aromatic carbocycles. The Bertz CT molecular complexity index is 740. The van der Waals surface area contributed by atoms with Crippen molar-refractivity contribution >= 4 is 38.5 Å². The number of nitrogens with one attached hydrogen (secondary N) is 1. The first-order valence-electron chi connectivity index (χ1n) is 8.88. The summed E-state index contributed by atoms with van der Waals surface area (Å²) in [5.74, 6) is 1.32. The Labute approximate surface area is 154 Å². The number of aryl methyl sites for hydroxylation is 1. The SMILES string of the molecule is BC(B)(O)Nc1c(CC)nc2ccc(C3CCN([S+](C)[O-])CC3)cn12. The zero-order chi connectivity index (χ0) is 18.2. The first-order valence-corrected chi connectivity index (χ1v) is 10.4. The van der Waals surface area contributed by atoms with E-state index in [2.05, 4.69) is 33.9 Å². The number of hydrogen-bond acceptors (Lipinski definition) is 5. The summed E-state index contributed by atoms with van der Waals surface area (Å²) in [5, 5.41) is 13.4. The summed E-state index contributed by atoms with van der Waals surface area (Å²) in [6.45, 7) is 3.80. The van der Waals surface area contributed by atoms with Crippen LogP contribution in [0, 0.1) is 0 Å².